The highest BCUT2D eigenvalue weighted by molar-refractivity contribution is 9.10. The first-order valence-electron chi connectivity index (χ1n) is 7.99. The zero-order valence-corrected chi connectivity index (χ0v) is 15.0. The van der Waals surface area contributed by atoms with E-state index in [1.165, 1.54) is 24.8 Å². The van der Waals surface area contributed by atoms with Gasteiger partial charge in [0.15, 0.2) is 0 Å². The quantitative estimate of drug-likeness (QED) is 0.616. The Balaban J connectivity index is 2.65. The van der Waals surface area contributed by atoms with Crippen molar-refractivity contribution in [3.8, 4) is 0 Å². The van der Waals surface area contributed by atoms with E-state index >= 15 is 0 Å². The van der Waals surface area contributed by atoms with E-state index in [0.717, 1.165) is 23.5 Å². The van der Waals surface area contributed by atoms with Crippen molar-refractivity contribution in [3.05, 3.63) is 34.3 Å². The fraction of sp³-hybridized carbons (Fsp3) is 0.667. The summed E-state index contributed by atoms with van der Waals surface area (Å²) in [6, 6.07) is 8.86. The Kier molecular flexibility index (Phi) is 8.47. The molecule has 1 nitrogen and oxygen atoms in total. The number of hydrogen-bond acceptors (Lipinski definition) is 1. The van der Waals surface area contributed by atoms with Gasteiger partial charge in [0.25, 0.3) is 0 Å². The molecule has 2 unspecified atom stereocenters. The molecule has 1 aromatic rings. The highest BCUT2D eigenvalue weighted by atomic mass is 79.9. The van der Waals surface area contributed by atoms with Gasteiger partial charge in [-0.2, -0.15) is 0 Å². The van der Waals surface area contributed by atoms with Crippen molar-refractivity contribution in [2.45, 2.75) is 52.9 Å². The molecule has 114 valence electrons. The molecule has 1 N–H and O–H groups in total. The van der Waals surface area contributed by atoms with Gasteiger partial charge in [0.05, 0.1) is 0 Å². The van der Waals surface area contributed by atoms with Crippen molar-refractivity contribution >= 4 is 15.9 Å². The van der Waals surface area contributed by atoms with E-state index in [-0.39, 0.29) is 0 Å². The minimum Gasteiger partial charge on any atom is -0.316 e. The van der Waals surface area contributed by atoms with Crippen LogP contribution in [0, 0.1) is 11.8 Å². The molecule has 2 atom stereocenters. The summed E-state index contributed by atoms with van der Waals surface area (Å²) in [6.45, 7) is 11.4. The number of benzene rings is 1. The van der Waals surface area contributed by atoms with Gasteiger partial charge < -0.3 is 5.32 Å². The normalized spacial score (nSPS) is 14.5. The highest BCUT2D eigenvalue weighted by Crippen LogP contribution is 2.26. The van der Waals surface area contributed by atoms with Crippen LogP contribution >= 0.6 is 15.9 Å². The summed E-state index contributed by atoms with van der Waals surface area (Å²) in [5, 5.41) is 3.63. The number of hydrogen-bond donors (Lipinski definition) is 1. The molecule has 0 amide bonds. The van der Waals surface area contributed by atoms with Crippen molar-refractivity contribution in [2.24, 2.45) is 11.8 Å². The summed E-state index contributed by atoms with van der Waals surface area (Å²) in [5.41, 5.74) is 1.47. The van der Waals surface area contributed by atoms with Crippen molar-refractivity contribution in [1.29, 1.82) is 0 Å². The lowest BCUT2D eigenvalue weighted by molar-refractivity contribution is 0.412. The van der Waals surface area contributed by atoms with Crippen LogP contribution in [0.3, 0.4) is 0 Å². The Morgan fingerprint density at radius 3 is 2.25 bits per heavy atom. The zero-order valence-electron chi connectivity index (χ0n) is 13.5. The minimum atomic E-state index is 0.628. The predicted molar refractivity (Wildman–Crippen MR) is 93.3 cm³/mol. The Labute approximate surface area is 133 Å². The summed E-state index contributed by atoms with van der Waals surface area (Å²) >= 11 is 3.53. The molecule has 0 aliphatic heterocycles. The van der Waals surface area contributed by atoms with Gasteiger partial charge in [-0.15, -0.1) is 0 Å². The standard InChI is InChI=1S/C18H30BrN/c1-5-6-15(4)11-17(13-20-12-14(2)3)16-7-9-18(19)10-8-16/h7-10,14-15,17,20H,5-6,11-13H2,1-4H3. The second-order valence-electron chi connectivity index (χ2n) is 6.43. The average Bonchev–Trinajstić information content (AvgIpc) is 2.38. The first kappa shape index (κ1) is 17.7. The highest BCUT2D eigenvalue weighted by Gasteiger charge is 2.15. The molecule has 0 aromatic heterocycles. The molecule has 0 aliphatic carbocycles. The smallest absolute Gasteiger partial charge is 0.0175 e. The van der Waals surface area contributed by atoms with Crippen molar-refractivity contribution < 1.29 is 0 Å². The van der Waals surface area contributed by atoms with Gasteiger partial charge >= 0.3 is 0 Å². The fourth-order valence-corrected chi connectivity index (χ4v) is 2.98. The molecule has 0 aliphatic rings. The third kappa shape index (κ3) is 6.90. The maximum absolute atomic E-state index is 3.63. The molecule has 0 heterocycles. The number of rotatable bonds is 9. The molecule has 0 spiro atoms. The molecule has 0 bridgehead atoms. The van der Waals surface area contributed by atoms with E-state index in [2.05, 4.69) is 73.2 Å². The Morgan fingerprint density at radius 2 is 1.70 bits per heavy atom. The third-order valence-corrected chi connectivity index (χ3v) is 4.28. The van der Waals surface area contributed by atoms with Gasteiger partial charge in [0, 0.05) is 11.0 Å². The van der Waals surface area contributed by atoms with Crippen LogP contribution in [-0.2, 0) is 0 Å². The van der Waals surface area contributed by atoms with E-state index in [1.54, 1.807) is 0 Å². The largest absolute Gasteiger partial charge is 0.316 e. The Bertz CT molecular complexity index is 358. The van der Waals surface area contributed by atoms with Crippen LogP contribution in [0.4, 0.5) is 0 Å². The van der Waals surface area contributed by atoms with Crippen LogP contribution < -0.4 is 5.32 Å². The Morgan fingerprint density at radius 1 is 1.05 bits per heavy atom. The second kappa shape index (κ2) is 9.57. The molecule has 0 radical (unpaired) electrons. The van der Waals surface area contributed by atoms with Gasteiger partial charge in [0.2, 0.25) is 0 Å². The predicted octanol–water partition coefficient (Wildman–Crippen LogP) is 5.60. The van der Waals surface area contributed by atoms with Crippen LogP contribution in [0.2, 0.25) is 0 Å². The van der Waals surface area contributed by atoms with Crippen LogP contribution in [0.25, 0.3) is 0 Å². The molecule has 2 heteroatoms. The SMILES string of the molecule is CCCC(C)CC(CNCC(C)C)c1ccc(Br)cc1. The third-order valence-electron chi connectivity index (χ3n) is 3.75. The van der Waals surface area contributed by atoms with Crippen LogP contribution in [-0.4, -0.2) is 13.1 Å². The summed E-state index contributed by atoms with van der Waals surface area (Å²) in [4.78, 5) is 0. The van der Waals surface area contributed by atoms with Crippen LogP contribution in [0.5, 0.6) is 0 Å². The van der Waals surface area contributed by atoms with Gasteiger partial charge in [-0.25, -0.2) is 0 Å². The lowest BCUT2D eigenvalue weighted by atomic mass is 9.87. The molecule has 1 aromatic carbocycles. The molecule has 0 fully saturated rings. The summed E-state index contributed by atoms with van der Waals surface area (Å²) < 4.78 is 1.16. The molecule has 0 saturated carbocycles. The molecule has 20 heavy (non-hydrogen) atoms. The van der Waals surface area contributed by atoms with Crippen molar-refractivity contribution in [1.82, 2.24) is 5.32 Å². The van der Waals surface area contributed by atoms with Crippen molar-refractivity contribution in [3.63, 3.8) is 0 Å². The first-order chi connectivity index (χ1) is 9.52. The average molecular weight is 340 g/mol. The number of nitrogens with one attached hydrogen (secondary N) is 1. The van der Waals surface area contributed by atoms with Crippen LogP contribution in [0.15, 0.2) is 28.7 Å². The lowest BCUT2D eigenvalue weighted by Crippen LogP contribution is -2.26. The Hall–Kier alpha value is -0.340. The van der Waals surface area contributed by atoms with E-state index < -0.39 is 0 Å². The molecule has 0 saturated heterocycles. The maximum atomic E-state index is 3.63. The minimum absolute atomic E-state index is 0.628. The monoisotopic (exact) mass is 339 g/mol. The summed E-state index contributed by atoms with van der Waals surface area (Å²) in [6.07, 6.45) is 3.89. The van der Waals surface area contributed by atoms with Gasteiger partial charge in [-0.1, -0.05) is 68.6 Å². The first-order valence-corrected chi connectivity index (χ1v) is 8.78. The maximum Gasteiger partial charge on any atom is 0.0175 e. The summed E-state index contributed by atoms with van der Waals surface area (Å²) in [7, 11) is 0. The van der Waals surface area contributed by atoms with Gasteiger partial charge in [-0.05, 0) is 48.4 Å². The van der Waals surface area contributed by atoms with E-state index in [1.807, 2.05) is 0 Å². The molecular formula is C18H30BrN. The van der Waals surface area contributed by atoms with E-state index in [0.29, 0.717) is 11.8 Å². The topological polar surface area (TPSA) is 12.0 Å². The van der Waals surface area contributed by atoms with E-state index in [4.69, 9.17) is 0 Å². The van der Waals surface area contributed by atoms with Crippen LogP contribution in [0.1, 0.15) is 58.4 Å². The van der Waals surface area contributed by atoms with E-state index in [9.17, 15) is 0 Å². The van der Waals surface area contributed by atoms with Gasteiger partial charge in [-0.3, -0.25) is 0 Å². The van der Waals surface area contributed by atoms with Gasteiger partial charge in [0.1, 0.15) is 0 Å². The number of halogens is 1. The molecule has 1 rings (SSSR count). The zero-order chi connectivity index (χ0) is 15.0. The lowest BCUT2D eigenvalue weighted by Gasteiger charge is -2.22. The van der Waals surface area contributed by atoms with Crippen molar-refractivity contribution in [2.75, 3.05) is 13.1 Å². The molecular weight excluding hydrogens is 310 g/mol. The second-order valence-corrected chi connectivity index (χ2v) is 7.35. The fourth-order valence-electron chi connectivity index (χ4n) is 2.71. The summed E-state index contributed by atoms with van der Waals surface area (Å²) in [5.74, 6) is 2.14.